The van der Waals surface area contributed by atoms with E-state index in [1.165, 1.54) is 50.5 Å². The first kappa shape index (κ1) is 22.4. The van der Waals surface area contributed by atoms with Crippen molar-refractivity contribution in [2.75, 3.05) is 13.2 Å². The fourth-order valence-corrected chi connectivity index (χ4v) is 3.23. The predicted octanol–water partition coefficient (Wildman–Crippen LogP) is 5.98. The summed E-state index contributed by atoms with van der Waals surface area (Å²) in [4.78, 5) is 8.88. The summed E-state index contributed by atoms with van der Waals surface area (Å²) in [7, 11) is 0. The summed E-state index contributed by atoms with van der Waals surface area (Å²) in [5.41, 5.74) is 2.29. The number of hydrogen-bond donors (Lipinski definition) is 1. The van der Waals surface area contributed by atoms with Gasteiger partial charge in [0.05, 0.1) is 19.0 Å². The molecule has 0 saturated heterocycles. The third kappa shape index (κ3) is 8.83. The molecule has 0 fully saturated rings. The number of benzene rings is 1. The molecule has 28 heavy (non-hydrogen) atoms. The number of ether oxygens (including phenoxy) is 1. The molecule has 4 heteroatoms. The first-order chi connectivity index (χ1) is 13.8. The Balaban J connectivity index is 1.66. The highest BCUT2D eigenvalue weighted by Gasteiger charge is 2.03. The van der Waals surface area contributed by atoms with Crippen molar-refractivity contribution >= 4 is 0 Å². The van der Waals surface area contributed by atoms with Gasteiger partial charge in [-0.3, -0.25) is 0 Å². The van der Waals surface area contributed by atoms with E-state index in [0.717, 1.165) is 49.4 Å². The molecule has 0 aliphatic carbocycles. The minimum absolute atomic E-state index is 0.263. The summed E-state index contributed by atoms with van der Waals surface area (Å²) in [6, 6.07) is 8.35. The van der Waals surface area contributed by atoms with Crippen molar-refractivity contribution in [3.8, 4) is 17.1 Å². The second-order valence-electron chi connectivity index (χ2n) is 7.44. The molecule has 0 radical (unpaired) electrons. The Labute approximate surface area is 170 Å². The molecular formula is C24H36N2O2. The highest BCUT2D eigenvalue weighted by Crippen LogP contribution is 2.18. The van der Waals surface area contributed by atoms with Crippen LogP contribution in [0.2, 0.25) is 0 Å². The summed E-state index contributed by atoms with van der Waals surface area (Å²) in [5, 5.41) is 8.86. The van der Waals surface area contributed by atoms with E-state index in [1.807, 2.05) is 0 Å². The van der Waals surface area contributed by atoms with Crippen molar-refractivity contribution < 1.29 is 9.84 Å². The maximum absolute atomic E-state index is 8.86. The second kappa shape index (κ2) is 14.1. The van der Waals surface area contributed by atoms with E-state index in [2.05, 4.69) is 41.2 Å². The lowest BCUT2D eigenvalue weighted by molar-refractivity contribution is 0.284. The molecule has 0 bridgehead atoms. The van der Waals surface area contributed by atoms with E-state index >= 15 is 0 Å². The van der Waals surface area contributed by atoms with Crippen molar-refractivity contribution in [1.82, 2.24) is 9.97 Å². The van der Waals surface area contributed by atoms with Gasteiger partial charge in [-0.2, -0.15) is 0 Å². The Kier molecular flexibility index (Phi) is 11.3. The van der Waals surface area contributed by atoms with Crippen LogP contribution in [-0.4, -0.2) is 28.3 Å². The molecule has 0 aliphatic heterocycles. The predicted molar refractivity (Wildman–Crippen MR) is 116 cm³/mol. The van der Waals surface area contributed by atoms with Crippen molar-refractivity contribution in [2.24, 2.45) is 0 Å². The van der Waals surface area contributed by atoms with Crippen LogP contribution in [0.5, 0.6) is 5.75 Å². The SMILES string of the molecule is CCCCCCCCCCOc1cnc(-c2ccc(CCCCO)cc2)nc1. The number of aryl methyl sites for hydroxylation is 1. The molecule has 0 saturated carbocycles. The van der Waals surface area contributed by atoms with Crippen LogP contribution in [0.1, 0.15) is 76.7 Å². The molecule has 0 aliphatic rings. The van der Waals surface area contributed by atoms with Gasteiger partial charge in [0.15, 0.2) is 11.6 Å². The largest absolute Gasteiger partial charge is 0.490 e. The molecule has 154 valence electrons. The Morgan fingerprint density at radius 3 is 2.07 bits per heavy atom. The van der Waals surface area contributed by atoms with Crippen molar-refractivity contribution in [3.63, 3.8) is 0 Å². The van der Waals surface area contributed by atoms with Crippen LogP contribution in [0, 0.1) is 0 Å². The number of aliphatic hydroxyl groups is 1. The minimum atomic E-state index is 0.263. The topological polar surface area (TPSA) is 55.2 Å². The monoisotopic (exact) mass is 384 g/mol. The number of aliphatic hydroxyl groups excluding tert-OH is 1. The van der Waals surface area contributed by atoms with Crippen LogP contribution >= 0.6 is 0 Å². The van der Waals surface area contributed by atoms with Gasteiger partial charge in [0.2, 0.25) is 0 Å². The van der Waals surface area contributed by atoms with Crippen LogP contribution in [0.4, 0.5) is 0 Å². The number of hydrogen-bond acceptors (Lipinski definition) is 4. The summed E-state index contributed by atoms with van der Waals surface area (Å²) in [6.45, 7) is 3.26. The van der Waals surface area contributed by atoms with E-state index < -0.39 is 0 Å². The number of unbranched alkanes of at least 4 members (excludes halogenated alkanes) is 8. The van der Waals surface area contributed by atoms with Gasteiger partial charge in [-0.15, -0.1) is 0 Å². The standard InChI is InChI=1S/C24H36N2O2/c1-2-3-4-5-6-7-8-11-18-28-23-19-25-24(26-20-23)22-15-13-21(14-16-22)12-9-10-17-27/h13-16,19-20,27H,2-12,17-18H2,1H3. The van der Waals surface area contributed by atoms with Gasteiger partial charge in [-0.1, -0.05) is 76.1 Å². The molecule has 1 aromatic carbocycles. The normalized spacial score (nSPS) is 10.9. The molecule has 1 aromatic heterocycles. The zero-order chi connectivity index (χ0) is 19.9. The molecule has 0 amide bonds. The zero-order valence-electron chi connectivity index (χ0n) is 17.4. The van der Waals surface area contributed by atoms with E-state index in [0.29, 0.717) is 0 Å². The highest BCUT2D eigenvalue weighted by atomic mass is 16.5. The van der Waals surface area contributed by atoms with Gasteiger partial charge in [0.25, 0.3) is 0 Å². The Morgan fingerprint density at radius 2 is 1.43 bits per heavy atom. The summed E-state index contributed by atoms with van der Waals surface area (Å²) in [6.07, 6.45) is 16.8. The molecule has 4 nitrogen and oxygen atoms in total. The van der Waals surface area contributed by atoms with E-state index in [9.17, 15) is 0 Å². The molecule has 0 unspecified atom stereocenters. The van der Waals surface area contributed by atoms with E-state index in [4.69, 9.17) is 9.84 Å². The van der Waals surface area contributed by atoms with Gasteiger partial charge in [0.1, 0.15) is 0 Å². The molecule has 2 aromatic rings. The molecule has 2 rings (SSSR count). The van der Waals surface area contributed by atoms with Crippen molar-refractivity contribution in [1.29, 1.82) is 0 Å². The summed E-state index contributed by atoms with van der Waals surface area (Å²) < 4.78 is 5.77. The zero-order valence-corrected chi connectivity index (χ0v) is 17.4. The third-order valence-corrected chi connectivity index (χ3v) is 4.98. The lowest BCUT2D eigenvalue weighted by Crippen LogP contribution is -1.99. The molecule has 1 heterocycles. The summed E-state index contributed by atoms with van der Waals surface area (Å²) in [5.74, 6) is 1.47. The second-order valence-corrected chi connectivity index (χ2v) is 7.44. The fourth-order valence-electron chi connectivity index (χ4n) is 3.23. The lowest BCUT2D eigenvalue weighted by Gasteiger charge is -2.07. The number of rotatable bonds is 15. The van der Waals surface area contributed by atoms with E-state index in [-0.39, 0.29) is 6.61 Å². The Morgan fingerprint density at radius 1 is 0.786 bits per heavy atom. The average Bonchev–Trinajstić information content (AvgIpc) is 2.74. The quantitative estimate of drug-likeness (QED) is 0.384. The van der Waals surface area contributed by atoms with Crippen LogP contribution in [0.3, 0.4) is 0 Å². The van der Waals surface area contributed by atoms with Crippen LogP contribution < -0.4 is 4.74 Å². The average molecular weight is 385 g/mol. The highest BCUT2D eigenvalue weighted by molar-refractivity contribution is 5.55. The minimum Gasteiger partial charge on any atom is -0.490 e. The molecule has 0 atom stereocenters. The number of aromatic nitrogens is 2. The molecular weight excluding hydrogens is 348 g/mol. The van der Waals surface area contributed by atoms with E-state index in [1.54, 1.807) is 12.4 Å². The van der Waals surface area contributed by atoms with Crippen molar-refractivity contribution in [3.05, 3.63) is 42.2 Å². The van der Waals surface area contributed by atoms with Crippen LogP contribution in [0.15, 0.2) is 36.7 Å². The smallest absolute Gasteiger partial charge is 0.159 e. The Hall–Kier alpha value is -1.94. The maximum atomic E-state index is 8.86. The maximum Gasteiger partial charge on any atom is 0.159 e. The fraction of sp³-hybridized carbons (Fsp3) is 0.583. The summed E-state index contributed by atoms with van der Waals surface area (Å²) >= 11 is 0. The first-order valence-electron chi connectivity index (χ1n) is 11.0. The van der Waals surface area contributed by atoms with Crippen LogP contribution in [0.25, 0.3) is 11.4 Å². The van der Waals surface area contributed by atoms with Crippen LogP contribution in [-0.2, 0) is 6.42 Å². The van der Waals surface area contributed by atoms with Gasteiger partial charge in [-0.25, -0.2) is 9.97 Å². The van der Waals surface area contributed by atoms with Crippen molar-refractivity contribution in [2.45, 2.75) is 77.6 Å². The Bertz CT molecular complexity index is 626. The van der Waals surface area contributed by atoms with Gasteiger partial charge < -0.3 is 9.84 Å². The van der Waals surface area contributed by atoms with Gasteiger partial charge >= 0.3 is 0 Å². The van der Waals surface area contributed by atoms with Gasteiger partial charge in [-0.05, 0) is 31.2 Å². The number of nitrogens with zero attached hydrogens (tertiary/aromatic N) is 2. The lowest BCUT2D eigenvalue weighted by atomic mass is 10.1. The molecule has 0 spiro atoms. The third-order valence-electron chi connectivity index (χ3n) is 4.98. The first-order valence-corrected chi connectivity index (χ1v) is 11.0. The molecule has 1 N–H and O–H groups in total. The van der Waals surface area contributed by atoms with Gasteiger partial charge in [0, 0.05) is 12.2 Å².